The Morgan fingerprint density at radius 1 is 0.925 bits per heavy atom. The number of likely N-dealkylation sites (tertiary alicyclic amines) is 1. The smallest absolute Gasteiger partial charge is 0.304 e. The second-order valence-electron chi connectivity index (χ2n) is 14.4. The first kappa shape index (κ1) is 45.7. The molecule has 2 aromatic rings. The largest absolute Gasteiger partial charge is 0.481 e. The molecule has 0 aliphatic carbocycles. The number of hydrogen-bond acceptors (Lipinski definition) is 8. The zero-order chi connectivity index (χ0) is 39.2. The number of hydrogen-bond donors (Lipinski definition) is 4. The molecule has 2 unspecified atom stereocenters. The Morgan fingerprint density at radius 2 is 1.60 bits per heavy atom. The average molecular weight is 741 g/mol. The molecule has 2 saturated heterocycles. The number of aliphatic carboxylic acids is 1. The highest BCUT2D eigenvalue weighted by molar-refractivity contribution is 5.79. The normalized spacial score (nSPS) is 16.3. The lowest BCUT2D eigenvalue weighted by Gasteiger charge is -2.37. The van der Waals surface area contributed by atoms with Gasteiger partial charge in [-0.2, -0.15) is 5.10 Å². The number of aryl methyl sites for hydroxylation is 2. The van der Waals surface area contributed by atoms with Crippen LogP contribution in [-0.4, -0.2) is 115 Å². The van der Waals surface area contributed by atoms with Crippen molar-refractivity contribution in [2.75, 3.05) is 77.9 Å². The molecule has 53 heavy (non-hydrogen) atoms. The maximum absolute atomic E-state index is 13.0. The number of aromatic nitrogens is 2. The van der Waals surface area contributed by atoms with Crippen molar-refractivity contribution in [1.82, 2.24) is 30.2 Å². The molecule has 3 heterocycles. The summed E-state index contributed by atoms with van der Waals surface area (Å²) >= 11 is 0. The lowest BCUT2D eigenvalue weighted by atomic mass is 9.93. The number of anilines is 1. The van der Waals surface area contributed by atoms with Crippen molar-refractivity contribution in [1.29, 1.82) is 0 Å². The number of unbranched alkanes of at least 4 members (excludes halogenated alkanes) is 3. The summed E-state index contributed by atoms with van der Waals surface area (Å²) in [6, 6.07) is 8.48. The molecule has 0 spiro atoms. The van der Waals surface area contributed by atoms with Crippen LogP contribution in [0.25, 0.3) is 5.69 Å². The minimum atomic E-state index is -0.787. The Bertz CT molecular complexity index is 1360. The van der Waals surface area contributed by atoms with Crippen LogP contribution in [0.1, 0.15) is 114 Å². The molecule has 0 radical (unpaired) electrons. The summed E-state index contributed by atoms with van der Waals surface area (Å²) in [5.41, 5.74) is 10.5. The fourth-order valence-corrected chi connectivity index (χ4v) is 7.29. The summed E-state index contributed by atoms with van der Waals surface area (Å²) in [5, 5.41) is 20.4. The lowest BCUT2D eigenvalue weighted by molar-refractivity contribution is -0.137. The number of carbonyl (C=O) groups excluding carboxylic acids is 2. The van der Waals surface area contributed by atoms with E-state index in [-0.39, 0.29) is 24.2 Å². The Balaban J connectivity index is 0.00000185. The molecule has 1 aromatic carbocycles. The van der Waals surface area contributed by atoms with Crippen LogP contribution in [0.4, 0.5) is 5.69 Å². The zero-order valence-corrected chi connectivity index (χ0v) is 34.1. The molecule has 2 amide bonds. The predicted octanol–water partition coefficient (Wildman–Crippen LogP) is 5.49. The number of carboxylic acids is 1. The summed E-state index contributed by atoms with van der Waals surface area (Å²) in [5.74, 6) is -0.138. The average Bonchev–Trinajstić information content (AvgIpc) is 3.74. The first-order valence-electron chi connectivity index (χ1n) is 20.3. The SMILES string of the molecule is CC.CCCC1CCN(CC(CC(=O)O)c2cc(N3CCN(C(=O)CCCC(=O)NCCCCCCN)CC3)cc(-n3nc(C)cc3C)c2)C1.CNC. The maximum atomic E-state index is 13.0. The maximum Gasteiger partial charge on any atom is 0.304 e. The standard InChI is InChI=1S/C37H59N7O4.C2H7N.C2H6/c1-4-10-30-13-16-41(26-30)27-32(24-37(47)48)31-22-33(25-34(23-31)44-29(3)21-28(2)40-44)42-17-19-43(20-18-42)36(46)12-9-11-35(45)39-15-8-6-5-7-14-38;1-3-2;1-2/h21-23,25,30,32H,4-20,24,26-27,38H2,1-3H3,(H,39,45)(H,47,48);3H,1-2H3;1-2H3. The van der Waals surface area contributed by atoms with Crippen molar-refractivity contribution in [3.63, 3.8) is 0 Å². The van der Waals surface area contributed by atoms with E-state index in [1.54, 1.807) is 0 Å². The number of benzene rings is 1. The second kappa shape index (κ2) is 25.5. The highest BCUT2D eigenvalue weighted by atomic mass is 16.4. The van der Waals surface area contributed by atoms with Crippen LogP contribution in [0, 0.1) is 19.8 Å². The lowest BCUT2D eigenvalue weighted by Crippen LogP contribution is -2.48. The minimum absolute atomic E-state index is 0.0106. The molecule has 1 aromatic heterocycles. The fraction of sp³-hybridized carbons (Fsp3) is 0.707. The van der Waals surface area contributed by atoms with Crippen LogP contribution in [0.2, 0.25) is 0 Å². The van der Waals surface area contributed by atoms with E-state index in [4.69, 9.17) is 10.8 Å². The Kier molecular flexibility index (Phi) is 22.0. The van der Waals surface area contributed by atoms with Crippen LogP contribution in [-0.2, 0) is 14.4 Å². The van der Waals surface area contributed by atoms with E-state index in [1.807, 2.05) is 51.4 Å². The van der Waals surface area contributed by atoms with Crippen molar-refractivity contribution in [3.8, 4) is 5.69 Å². The van der Waals surface area contributed by atoms with Crippen LogP contribution in [0.5, 0.6) is 0 Å². The number of carboxylic acid groups (broad SMARTS) is 1. The molecule has 300 valence electrons. The van der Waals surface area contributed by atoms with Gasteiger partial charge in [0.15, 0.2) is 0 Å². The first-order valence-corrected chi connectivity index (χ1v) is 20.3. The Hall–Kier alpha value is -3.48. The molecular formula is C41H72N8O4. The fourth-order valence-electron chi connectivity index (χ4n) is 7.29. The molecule has 2 atom stereocenters. The summed E-state index contributed by atoms with van der Waals surface area (Å²) in [6.45, 7) is 17.0. The van der Waals surface area contributed by atoms with Gasteiger partial charge in [0.1, 0.15) is 0 Å². The van der Waals surface area contributed by atoms with E-state index < -0.39 is 5.97 Å². The molecule has 2 aliphatic rings. The van der Waals surface area contributed by atoms with Gasteiger partial charge in [0, 0.05) is 76.0 Å². The van der Waals surface area contributed by atoms with Crippen LogP contribution in [0.15, 0.2) is 24.3 Å². The van der Waals surface area contributed by atoms with Gasteiger partial charge >= 0.3 is 5.97 Å². The number of carbonyl (C=O) groups is 3. The van der Waals surface area contributed by atoms with Crippen LogP contribution < -0.4 is 21.3 Å². The van der Waals surface area contributed by atoms with E-state index in [1.165, 1.54) is 19.3 Å². The van der Waals surface area contributed by atoms with Crippen molar-refractivity contribution >= 4 is 23.5 Å². The van der Waals surface area contributed by atoms with E-state index >= 15 is 0 Å². The van der Waals surface area contributed by atoms with Gasteiger partial charge in [-0.25, -0.2) is 4.68 Å². The predicted molar refractivity (Wildman–Crippen MR) is 217 cm³/mol. The van der Waals surface area contributed by atoms with E-state index in [0.717, 1.165) is 73.6 Å². The summed E-state index contributed by atoms with van der Waals surface area (Å²) in [4.78, 5) is 44.0. The molecule has 5 N–H and O–H groups in total. The van der Waals surface area contributed by atoms with Crippen LogP contribution in [0.3, 0.4) is 0 Å². The third kappa shape index (κ3) is 16.2. The zero-order valence-electron chi connectivity index (χ0n) is 34.1. The third-order valence-corrected chi connectivity index (χ3v) is 9.86. The number of amides is 2. The van der Waals surface area contributed by atoms with Gasteiger partial charge < -0.3 is 36.2 Å². The quantitative estimate of drug-likeness (QED) is 0.137. The number of rotatable bonds is 19. The summed E-state index contributed by atoms with van der Waals surface area (Å²) < 4.78 is 1.95. The summed E-state index contributed by atoms with van der Waals surface area (Å²) in [6.07, 6.45) is 9.07. The minimum Gasteiger partial charge on any atom is -0.481 e. The Labute approximate surface area is 320 Å². The molecule has 12 nitrogen and oxygen atoms in total. The van der Waals surface area contributed by atoms with Crippen LogP contribution >= 0.6 is 0 Å². The Morgan fingerprint density at radius 3 is 2.23 bits per heavy atom. The van der Waals surface area contributed by atoms with Crippen molar-refractivity contribution in [2.45, 2.75) is 111 Å². The van der Waals surface area contributed by atoms with Crippen molar-refractivity contribution in [2.24, 2.45) is 11.7 Å². The third-order valence-electron chi connectivity index (χ3n) is 9.86. The summed E-state index contributed by atoms with van der Waals surface area (Å²) in [7, 11) is 3.75. The number of nitrogens with two attached hydrogens (primary N) is 1. The van der Waals surface area contributed by atoms with Crippen molar-refractivity contribution in [3.05, 3.63) is 41.2 Å². The topological polar surface area (TPSA) is 149 Å². The highest BCUT2D eigenvalue weighted by Gasteiger charge is 2.28. The number of piperazine rings is 1. The van der Waals surface area contributed by atoms with Crippen molar-refractivity contribution < 1.29 is 19.5 Å². The van der Waals surface area contributed by atoms with Gasteiger partial charge in [0.05, 0.1) is 17.8 Å². The van der Waals surface area contributed by atoms with Gasteiger partial charge in [-0.3, -0.25) is 14.4 Å². The number of nitrogens with zero attached hydrogens (tertiary/aromatic N) is 5. The van der Waals surface area contributed by atoms with Gasteiger partial charge in [-0.05, 0) is 109 Å². The van der Waals surface area contributed by atoms with Gasteiger partial charge in [-0.15, -0.1) is 0 Å². The molecule has 0 bridgehead atoms. The van der Waals surface area contributed by atoms with Gasteiger partial charge in [0.25, 0.3) is 0 Å². The molecule has 0 saturated carbocycles. The van der Waals surface area contributed by atoms with E-state index in [2.05, 4.69) is 51.6 Å². The van der Waals surface area contributed by atoms with E-state index in [9.17, 15) is 19.5 Å². The first-order chi connectivity index (χ1) is 25.6. The second-order valence-corrected chi connectivity index (χ2v) is 14.4. The van der Waals surface area contributed by atoms with Gasteiger partial charge in [0.2, 0.25) is 11.8 Å². The molecular weight excluding hydrogens is 669 g/mol. The molecule has 12 heteroatoms. The highest BCUT2D eigenvalue weighted by Crippen LogP contribution is 2.32. The number of nitrogens with one attached hydrogen (secondary N) is 2. The molecule has 4 rings (SSSR count). The van der Waals surface area contributed by atoms with E-state index in [0.29, 0.717) is 64.4 Å². The molecule has 2 fully saturated rings. The monoisotopic (exact) mass is 741 g/mol. The van der Waals surface area contributed by atoms with Gasteiger partial charge in [-0.1, -0.05) is 40.0 Å². The molecule has 2 aliphatic heterocycles.